The minimum absolute atomic E-state index is 0.155. The smallest absolute Gasteiger partial charge is 0.262 e. The molecule has 1 aliphatic heterocycles. The second-order valence-electron chi connectivity index (χ2n) is 8.73. The largest absolute Gasteiger partial charge is 0.497 e. The lowest BCUT2D eigenvalue weighted by atomic mass is 9.98. The third-order valence-corrected chi connectivity index (χ3v) is 6.61. The van der Waals surface area contributed by atoms with Crippen molar-refractivity contribution >= 4 is 29.1 Å². The Labute approximate surface area is 227 Å². The van der Waals surface area contributed by atoms with Gasteiger partial charge in [-0.1, -0.05) is 23.7 Å². The molecule has 0 N–H and O–H groups in total. The summed E-state index contributed by atoms with van der Waals surface area (Å²) in [7, 11) is 4.73. The van der Waals surface area contributed by atoms with Crippen LogP contribution in [0.25, 0.3) is 0 Å². The predicted molar refractivity (Wildman–Crippen MR) is 146 cm³/mol. The fraction of sp³-hybridized carbons (Fsp3) is 0.276. The van der Waals surface area contributed by atoms with Crippen LogP contribution in [-0.2, 0) is 9.53 Å². The highest BCUT2D eigenvalue weighted by atomic mass is 35.5. The van der Waals surface area contributed by atoms with Crippen molar-refractivity contribution in [1.82, 2.24) is 9.91 Å². The van der Waals surface area contributed by atoms with Crippen molar-refractivity contribution in [2.24, 2.45) is 5.10 Å². The first-order valence-electron chi connectivity index (χ1n) is 12.1. The summed E-state index contributed by atoms with van der Waals surface area (Å²) in [6, 6.07) is 21.4. The molecule has 0 aromatic heterocycles. The van der Waals surface area contributed by atoms with Gasteiger partial charge in [-0.3, -0.25) is 9.59 Å². The van der Waals surface area contributed by atoms with Crippen molar-refractivity contribution in [3.63, 3.8) is 0 Å². The van der Waals surface area contributed by atoms with Gasteiger partial charge in [0.15, 0.2) is 0 Å². The number of carbonyl (C=O) groups excluding carboxylic acids is 2. The van der Waals surface area contributed by atoms with Gasteiger partial charge in [0.1, 0.15) is 18.0 Å². The third-order valence-electron chi connectivity index (χ3n) is 6.36. The summed E-state index contributed by atoms with van der Waals surface area (Å²) >= 11 is 6.11. The van der Waals surface area contributed by atoms with Crippen molar-refractivity contribution in [2.45, 2.75) is 12.5 Å². The fourth-order valence-corrected chi connectivity index (χ4v) is 4.37. The van der Waals surface area contributed by atoms with E-state index in [4.69, 9.17) is 30.9 Å². The Morgan fingerprint density at radius 2 is 1.53 bits per heavy atom. The van der Waals surface area contributed by atoms with Crippen LogP contribution < -0.4 is 9.47 Å². The van der Waals surface area contributed by atoms with E-state index in [0.29, 0.717) is 22.8 Å². The van der Waals surface area contributed by atoms with Gasteiger partial charge in [-0.2, -0.15) is 5.10 Å². The van der Waals surface area contributed by atoms with Crippen molar-refractivity contribution in [3.05, 3.63) is 94.5 Å². The topological polar surface area (TPSA) is 80.7 Å². The Hall–Kier alpha value is -3.88. The van der Waals surface area contributed by atoms with Crippen LogP contribution in [0.15, 0.2) is 77.9 Å². The number of ether oxygens (including phenoxy) is 3. The number of amides is 2. The standard InChI is InChI=1S/C29H30ClN3O5/c1-36-17-16-32(29(35)22-8-14-25(38-3)15-9-22)19-28(34)33-27(21-4-10-23(30)11-5-21)18-26(31-33)20-6-12-24(37-2)13-7-20/h4-15,27H,16-19H2,1-3H3/t27-/m1/s1. The zero-order valence-corrected chi connectivity index (χ0v) is 22.4. The number of halogens is 1. The van der Waals surface area contributed by atoms with Crippen LogP contribution in [0, 0.1) is 0 Å². The van der Waals surface area contributed by atoms with Crippen LogP contribution in [0.1, 0.15) is 33.9 Å². The Kier molecular flexibility index (Phi) is 8.99. The second kappa shape index (κ2) is 12.6. The molecule has 0 unspecified atom stereocenters. The minimum Gasteiger partial charge on any atom is -0.497 e. The summed E-state index contributed by atoms with van der Waals surface area (Å²) in [6.07, 6.45) is 0.518. The molecule has 2 amide bonds. The van der Waals surface area contributed by atoms with Crippen molar-refractivity contribution < 1.29 is 23.8 Å². The third kappa shape index (κ3) is 6.33. The number of rotatable bonds is 10. The predicted octanol–water partition coefficient (Wildman–Crippen LogP) is 4.82. The lowest BCUT2D eigenvalue weighted by Crippen LogP contribution is -2.42. The molecule has 1 aliphatic rings. The molecule has 0 aliphatic carbocycles. The van der Waals surface area contributed by atoms with E-state index >= 15 is 0 Å². The van der Waals surface area contributed by atoms with Gasteiger partial charge in [0.25, 0.3) is 11.8 Å². The second-order valence-corrected chi connectivity index (χ2v) is 9.17. The summed E-state index contributed by atoms with van der Waals surface area (Å²) in [5.74, 6) is 0.802. The van der Waals surface area contributed by atoms with E-state index < -0.39 is 0 Å². The van der Waals surface area contributed by atoms with Crippen LogP contribution in [0.3, 0.4) is 0 Å². The van der Waals surface area contributed by atoms with E-state index in [1.54, 1.807) is 57.7 Å². The summed E-state index contributed by atoms with van der Waals surface area (Å²) in [5.41, 5.74) is 3.02. The molecule has 0 bridgehead atoms. The van der Waals surface area contributed by atoms with Crippen LogP contribution in [0.2, 0.25) is 5.02 Å². The maximum atomic E-state index is 13.7. The molecule has 198 valence electrons. The first-order chi connectivity index (χ1) is 18.4. The molecule has 0 saturated heterocycles. The highest BCUT2D eigenvalue weighted by Crippen LogP contribution is 2.34. The monoisotopic (exact) mass is 535 g/mol. The molecular weight excluding hydrogens is 506 g/mol. The molecule has 4 rings (SSSR count). The number of hydrogen-bond donors (Lipinski definition) is 0. The van der Waals surface area contributed by atoms with E-state index in [9.17, 15) is 9.59 Å². The lowest BCUT2D eigenvalue weighted by Gasteiger charge is -2.27. The maximum Gasteiger partial charge on any atom is 0.262 e. The Morgan fingerprint density at radius 1 is 0.921 bits per heavy atom. The summed E-state index contributed by atoms with van der Waals surface area (Å²) in [5, 5.41) is 6.81. The van der Waals surface area contributed by atoms with Gasteiger partial charge in [-0.05, 0) is 71.8 Å². The van der Waals surface area contributed by atoms with Crippen molar-refractivity contribution in [3.8, 4) is 11.5 Å². The zero-order chi connectivity index (χ0) is 27.1. The van der Waals surface area contributed by atoms with Gasteiger partial charge in [-0.15, -0.1) is 0 Å². The maximum absolute atomic E-state index is 13.7. The average molecular weight is 536 g/mol. The Morgan fingerprint density at radius 3 is 2.11 bits per heavy atom. The van der Waals surface area contributed by atoms with E-state index in [-0.39, 0.29) is 37.6 Å². The van der Waals surface area contributed by atoms with Crippen molar-refractivity contribution in [2.75, 3.05) is 41.0 Å². The SMILES string of the molecule is COCCN(CC(=O)N1N=C(c2ccc(OC)cc2)C[C@@H]1c1ccc(Cl)cc1)C(=O)c1ccc(OC)cc1. The molecule has 0 saturated carbocycles. The fourth-order valence-electron chi connectivity index (χ4n) is 4.25. The average Bonchev–Trinajstić information content (AvgIpc) is 3.41. The molecule has 9 heteroatoms. The van der Waals surface area contributed by atoms with E-state index in [1.807, 2.05) is 36.4 Å². The number of hydrogen-bond acceptors (Lipinski definition) is 6. The Balaban J connectivity index is 1.61. The number of nitrogens with zero attached hydrogens (tertiary/aromatic N) is 3. The van der Waals surface area contributed by atoms with Gasteiger partial charge in [0, 0.05) is 30.7 Å². The molecule has 1 atom stereocenters. The molecule has 3 aromatic carbocycles. The van der Waals surface area contributed by atoms with Gasteiger partial charge in [-0.25, -0.2) is 5.01 Å². The van der Waals surface area contributed by atoms with Gasteiger partial charge >= 0.3 is 0 Å². The van der Waals surface area contributed by atoms with E-state index in [0.717, 1.165) is 22.6 Å². The molecule has 8 nitrogen and oxygen atoms in total. The molecule has 0 fully saturated rings. The normalized spacial score (nSPS) is 14.7. The van der Waals surface area contributed by atoms with E-state index in [2.05, 4.69) is 0 Å². The molecule has 0 spiro atoms. The first-order valence-corrected chi connectivity index (χ1v) is 12.5. The number of methoxy groups -OCH3 is 3. The first kappa shape index (κ1) is 27.2. The van der Waals surface area contributed by atoms with E-state index in [1.165, 1.54) is 9.91 Å². The van der Waals surface area contributed by atoms with Crippen LogP contribution >= 0.6 is 11.6 Å². The van der Waals surface area contributed by atoms with Gasteiger partial charge in [0.05, 0.1) is 32.6 Å². The van der Waals surface area contributed by atoms with Crippen LogP contribution in [0.4, 0.5) is 0 Å². The summed E-state index contributed by atoms with van der Waals surface area (Å²) in [4.78, 5) is 28.5. The summed E-state index contributed by atoms with van der Waals surface area (Å²) in [6.45, 7) is 0.384. The lowest BCUT2D eigenvalue weighted by molar-refractivity contribution is -0.133. The number of carbonyl (C=O) groups is 2. The molecule has 0 radical (unpaired) electrons. The number of hydrazone groups is 1. The molecule has 3 aromatic rings. The van der Waals surface area contributed by atoms with Gasteiger partial charge in [0.2, 0.25) is 0 Å². The minimum atomic E-state index is -0.336. The van der Waals surface area contributed by atoms with Crippen LogP contribution in [0.5, 0.6) is 11.5 Å². The molecule has 1 heterocycles. The van der Waals surface area contributed by atoms with Gasteiger partial charge < -0.3 is 19.1 Å². The Bertz CT molecular complexity index is 1280. The molecular formula is C29H30ClN3O5. The van der Waals surface area contributed by atoms with Crippen LogP contribution in [-0.4, -0.2) is 68.5 Å². The highest BCUT2D eigenvalue weighted by molar-refractivity contribution is 6.30. The quantitative estimate of drug-likeness (QED) is 0.372. The zero-order valence-electron chi connectivity index (χ0n) is 21.6. The van der Waals surface area contributed by atoms with Crippen molar-refractivity contribution in [1.29, 1.82) is 0 Å². The highest BCUT2D eigenvalue weighted by Gasteiger charge is 2.34. The number of benzene rings is 3. The summed E-state index contributed by atoms with van der Waals surface area (Å²) < 4.78 is 15.7. The molecule has 38 heavy (non-hydrogen) atoms.